The van der Waals surface area contributed by atoms with Crippen molar-refractivity contribution < 1.29 is 28.8 Å². The average Bonchev–Trinajstić information content (AvgIpc) is 3.21. The molecule has 0 N–H and O–H groups in total. The van der Waals surface area contributed by atoms with Crippen molar-refractivity contribution >= 4 is 51.4 Å². The number of amides is 2. The predicted molar refractivity (Wildman–Crippen MR) is 147 cm³/mol. The highest BCUT2D eigenvalue weighted by atomic mass is 32.2. The van der Waals surface area contributed by atoms with Crippen molar-refractivity contribution in [3.8, 4) is 11.5 Å². The third-order valence-electron chi connectivity index (χ3n) is 5.90. The summed E-state index contributed by atoms with van der Waals surface area (Å²) in [5, 5.41) is 12.4. The third kappa shape index (κ3) is 5.81. The number of hydrogen-bond donors (Lipinski definition) is 0. The number of hydrogen-bond acceptors (Lipinski definition) is 8. The first-order chi connectivity index (χ1) is 18.9. The number of thioether (sulfide) groups is 1. The predicted octanol–water partition coefficient (Wildman–Crippen LogP) is 6.08. The Labute approximate surface area is 226 Å². The van der Waals surface area contributed by atoms with Crippen LogP contribution >= 0.6 is 11.8 Å². The minimum atomic E-state index is -0.663. The van der Waals surface area contributed by atoms with Crippen molar-refractivity contribution in [3.63, 3.8) is 0 Å². The van der Waals surface area contributed by atoms with Gasteiger partial charge in [0.2, 0.25) is 0 Å². The van der Waals surface area contributed by atoms with E-state index < -0.39 is 16.8 Å². The first-order valence-electron chi connectivity index (χ1n) is 11.8. The van der Waals surface area contributed by atoms with E-state index in [2.05, 4.69) is 0 Å². The molecule has 1 heterocycles. The second-order valence-corrected chi connectivity index (χ2v) is 9.41. The molecule has 4 aromatic carbocycles. The van der Waals surface area contributed by atoms with E-state index in [4.69, 9.17) is 9.47 Å². The summed E-state index contributed by atoms with van der Waals surface area (Å²) in [5.41, 5.74) is 0.683. The quantitative estimate of drug-likeness (QED) is 0.0868. The van der Waals surface area contributed by atoms with Crippen LogP contribution in [0.25, 0.3) is 16.8 Å². The van der Waals surface area contributed by atoms with E-state index in [9.17, 15) is 24.5 Å². The highest BCUT2D eigenvalue weighted by molar-refractivity contribution is 8.18. The summed E-state index contributed by atoms with van der Waals surface area (Å²) in [6, 6.07) is 25.0. The van der Waals surface area contributed by atoms with Gasteiger partial charge >= 0.3 is 5.97 Å². The Hall–Kier alpha value is -4.96. The number of carbonyl (C=O) groups excluding carboxylic acids is 3. The van der Waals surface area contributed by atoms with Crippen molar-refractivity contribution in [1.29, 1.82) is 0 Å². The molecule has 0 aliphatic carbocycles. The van der Waals surface area contributed by atoms with E-state index in [0.717, 1.165) is 27.4 Å². The van der Waals surface area contributed by atoms with Gasteiger partial charge in [0.25, 0.3) is 16.8 Å². The lowest BCUT2D eigenvalue weighted by atomic mass is 10.1. The minimum Gasteiger partial charge on any atom is -0.491 e. The second-order valence-electron chi connectivity index (χ2n) is 8.42. The molecule has 2 amide bonds. The lowest BCUT2D eigenvalue weighted by Gasteiger charge is -2.14. The van der Waals surface area contributed by atoms with Gasteiger partial charge in [0.15, 0.2) is 0 Å². The topological polar surface area (TPSA) is 116 Å². The number of nitro groups is 1. The molecule has 4 aromatic rings. The van der Waals surface area contributed by atoms with Crippen molar-refractivity contribution in [1.82, 2.24) is 4.90 Å². The molecule has 0 unspecified atom stereocenters. The Balaban J connectivity index is 1.18. The largest absolute Gasteiger partial charge is 0.491 e. The van der Waals surface area contributed by atoms with Crippen molar-refractivity contribution in [2.45, 2.75) is 0 Å². The number of esters is 1. The van der Waals surface area contributed by atoms with Gasteiger partial charge in [-0.3, -0.25) is 24.6 Å². The number of nitro benzene ring substituents is 1. The molecular formula is C29H20N2O7S. The first kappa shape index (κ1) is 25.7. The maximum absolute atomic E-state index is 12.9. The molecule has 39 heavy (non-hydrogen) atoms. The number of imide groups is 1. The fraction of sp³-hybridized carbons (Fsp3) is 0.0690. The van der Waals surface area contributed by atoms with Gasteiger partial charge in [0.1, 0.15) is 18.1 Å². The smallest absolute Gasteiger partial charge is 0.343 e. The van der Waals surface area contributed by atoms with Crippen molar-refractivity contribution in [2.75, 3.05) is 13.2 Å². The molecule has 194 valence electrons. The molecule has 1 saturated heterocycles. The maximum Gasteiger partial charge on any atom is 0.343 e. The second kappa shape index (κ2) is 11.2. The van der Waals surface area contributed by atoms with Gasteiger partial charge in [-0.1, -0.05) is 48.5 Å². The molecule has 0 bridgehead atoms. The molecule has 0 atom stereocenters. The van der Waals surface area contributed by atoms with E-state index in [-0.39, 0.29) is 40.3 Å². The van der Waals surface area contributed by atoms with Gasteiger partial charge in [-0.15, -0.1) is 0 Å². The number of ether oxygens (including phenoxy) is 2. The molecule has 0 spiro atoms. The zero-order valence-electron chi connectivity index (χ0n) is 20.3. The Morgan fingerprint density at radius 2 is 1.64 bits per heavy atom. The maximum atomic E-state index is 12.9. The van der Waals surface area contributed by atoms with Crippen LogP contribution in [0.5, 0.6) is 11.5 Å². The van der Waals surface area contributed by atoms with Crippen LogP contribution in [0.1, 0.15) is 15.9 Å². The first-order valence-corrected chi connectivity index (χ1v) is 12.6. The van der Waals surface area contributed by atoms with Crippen molar-refractivity contribution in [2.24, 2.45) is 0 Å². The standard InChI is InChI=1S/C29H20N2O7S/c32-27-26(39-29(34)30(27)16-17-37-25-7-3-5-20-4-1-2-6-24(20)25)18-19-8-14-23(15-9-19)38-28(33)21-10-12-22(13-11-21)31(35)36/h1-15,18H,16-17H2/b26-18-. The molecule has 1 fully saturated rings. The number of benzene rings is 4. The van der Waals surface area contributed by atoms with E-state index >= 15 is 0 Å². The normalized spacial score (nSPS) is 14.2. The fourth-order valence-corrected chi connectivity index (χ4v) is 4.79. The van der Waals surface area contributed by atoms with Gasteiger partial charge in [0.05, 0.1) is 21.9 Å². The molecule has 0 radical (unpaired) electrons. The highest BCUT2D eigenvalue weighted by Gasteiger charge is 2.34. The lowest BCUT2D eigenvalue weighted by molar-refractivity contribution is -0.384. The molecular weight excluding hydrogens is 520 g/mol. The van der Waals surface area contributed by atoms with Crippen LogP contribution in [0.4, 0.5) is 10.5 Å². The summed E-state index contributed by atoms with van der Waals surface area (Å²) in [4.78, 5) is 49.3. The average molecular weight is 541 g/mol. The Kier molecular flexibility index (Phi) is 7.37. The van der Waals surface area contributed by atoms with Crippen LogP contribution < -0.4 is 9.47 Å². The minimum absolute atomic E-state index is 0.114. The van der Waals surface area contributed by atoms with Crippen LogP contribution in [0.15, 0.2) is 95.9 Å². The number of rotatable bonds is 8. The van der Waals surface area contributed by atoms with E-state index in [1.54, 1.807) is 30.3 Å². The van der Waals surface area contributed by atoms with Gasteiger partial charge in [-0.05, 0) is 59.1 Å². The van der Waals surface area contributed by atoms with E-state index in [1.165, 1.54) is 24.3 Å². The highest BCUT2D eigenvalue weighted by Crippen LogP contribution is 2.32. The Morgan fingerprint density at radius 3 is 2.38 bits per heavy atom. The summed E-state index contributed by atoms with van der Waals surface area (Å²) in [6.07, 6.45) is 1.60. The number of nitrogens with zero attached hydrogens (tertiary/aromatic N) is 2. The van der Waals surface area contributed by atoms with Crippen molar-refractivity contribution in [3.05, 3.63) is 117 Å². The summed E-state index contributed by atoms with van der Waals surface area (Å²) >= 11 is 0.850. The molecule has 1 aliphatic rings. The molecule has 1 aliphatic heterocycles. The third-order valence-corrected chi connectivity index (χ3v) is 6.81. The number of fused-ring (bicyclic) bond motifs is 1. The zero-order chi connectivity index (χ0) is 27.4. The van der Waals surface area contributed by atoms with Crippen LogP contribution in [0.2, 0.25) is 0 Å². The molecule has 5 rings (SSSR count). The van der Waals surface area contributed by atoms with Gasteiger partial charge in [-0.2, -0.15) is 0 Å². The van der Waals surface area contributed by atoms with Crippen LogP contribution in [0.3, 0.4) is 0 Å². The van der Waals surface area contributed by atoms with Crippen LogP contribution in [-0.2, 0) is 4.79 Å². The number of non-ortho nitro benzene ring substituents is 1. The Morgan fingerprint density at radius 1 is 0.923 bits per heavy atom. The molecule has 10 heteroatoms. The molecule has 0 aromatic heterocycles. The number of carbonyl (C=O) groups is 3. The molecule has 0 saturated carbocycles. The zero-order valence-corrected chi connectivity index (χ0v) is 21.1. The van der Waals surface area contributed by atoms with Gasteiger partial charge < -0.3 is 9.47 Å². The summed E-state index contributed by atoms with van der Waals surface area (Å²) < 4.78 is 11.2. The Bertz CT molecular complexity index is 1610. The monoisotopic (exact) mass is 540 g/mol. The van der Waals surface area contributed by atoms with E-state index in [0.29, 0.717) is 11.3 Å². The fourth-order valence-electron chi connectivity index (χ4n) is 3.93. The lowest BCUT2D eigenvalue weighted by Crippen LogP contribution is -2.32. The SMILES string of the molecule is O=C(Oc1ccc(/C=C2\SC(=O)N(CCOc3cccc4ccccc34)C2=O)cc1)c1ccc([N+](=O)[O-])cc1. The summed E-state index contributed by atoms with van der Waals surface area (Å²) in [7, 11) is 0. The molecule has 9 nitrogen and oxygen atoms in total. The van der Waals surface area contributed by atoms with Crippen LogP contribution in [-0.4, -0.2) is 40.1 Å². The van der Waals surface area contributed by atoms with E-state index in [1.807, 2.05) is 42.5 Å². The van der Waals surface area contributed by atoms with Gasteiger partial charge in [0, 0.05) is 17.5 Å². The summed E-state index contributed by atoms with van der Waals surface area (Å²) in [5.74, 6) is -0.121. The summed E-state index contributed by atoms with van der Waals surface area (Å²) in [6.45, 7) is 0.275. The van der Waals surface area contributed by atoms with Crippen LogP contribution in [0, 0.1) is 10.1 Å². The van der Waals surface area contributed by atoms with Gasteiger partial charge in [-0.25, -0.2) is 4.79 Å².